The highest BCUT2D eigenvalue weighted by molar-refractivity contribution is 5.56. The minimum absolute atomic E-state index is 0.853. The van der Waals surface area contributed by atoms with Crippen molar-refractivity contribution in [2.24, 2.45) is 5.73 Å². The van der Waals surface area contributed by atoms with E-state index in [0.717, 1.165) is 6.54 Å². The number of rotatable bonds is 14. The van der Waals surface area contributed by atoms with E-state index in [1.165, 1.54) is 75.5 Å². The molecule has 0 saturated carbocycles. The summed E-state index contributed by atoms with van der Waals surface area (Å²) in [7, 11) is 4.13. The van der Waals surface area contributed by atoms with Crippen LogP contribution in [-0.4, -0.2) is 20.6 Å². The second-order valence-electron chi connectivity index (χ2n) is 7.03. The van der Waals surface area contributed by atoms with Crippen LogP contribution in [0.1, 0.15) is 69.8 Å². The molecule has 0 aromatic heterocycles. The fraction of sp³-hybridized carbons (Fsp3) is 0.565. The molecule has 1 rings (SSSR count). The minimum Gasteiger partial charge on any atom is -0.378 e. The number of anilines is 1. The Balaban J connectivity index is 1.99. The van der Waals surface area contributed by atoms with E-state index < -0.39 is 0 Å². The molecule has 0 aliphatic heterocycles. The highest BCUT2D eigenvalue weighted by Crippen LogP contribution is 2.13. The molecule has 2 heteroatoms. The van der Waals surface area contributed by atoms with Crippen molar-refractivity contribution in [1.82, 2.24) is 0 Å². The van der Waals surface area contributed by atoms with E-state index in [4.69, 9.17) is 5.73 Å². The van der Waals surface area contributed by atoms with Crippen LogP contribution in [0, 0.1) is 0 Å². The molecular weight excluding hydrogens is 304 g/mol. The first kappa shape index (κ1) is 21.5. The summed E-state index contributed by atoms with van der Waals surface area (Å²) in [6.07, 6.45) is 22.1. The van der Waals surface area contributed by atoms with Gasteiger partial charge in [-0.25, -0.2) is 0 Å². The summed E-state index contributed by atoms with van der Waals surface area (Å²) < 4.78 is 0. The molecule has 2 N–H and O–H groups in total. The van der Waals surface area contributed by atoms with Crippen LogP contribution in [0.25, 0.3) is 6.08 Å². The quantitative estimate of drug-likeness (QED) is 0.323. The molecule has 1 aromatic carbocycles. The van der Waals surface area contributed by atoms with Crippen molar-refractivity contribution < 1.29 is 0 Å². The van der Waals surface area contributed by atoms with Crippen molar-refractivity contribution in [3.05, 3.63) is 48.1 Å². The molecule has 0 spiro atoms. The SMILES string of the molecule is CN(C)c1ccc(C=CC=CCCCCCCCCCCCN)cc1. The Morgan fingerprint density at radius 1 is 0.760 bits per heavy atom. The molecule has 0 atom stereocenters. The second-order valence-corrected chi connectivity index (χ2v) is 7.03. The number of allylic oxidation sites excluding steroid dienone is 3. The number of hydrogen-bond acceptors (Lipinski definition) is 2. The average Bonchev–Trinajstić information content (AvgIpc) is 2.62. The zero-order valence-electron chi connectivity index (χ0n) is 16.4. The van der Waals surface area contributed by atoms with Gasteiger partial charge in [-0.05, 0) is 43.5 Å². The van der Waals surface area contributed by atoms with Gasteiger partial charge in [0.05, 0.1) is 0 Å². The fourth-order valence-electron chi connectivity index (χ4n) is 2.87. The van der Waals surface area contributed by atoms with E-state index >= 15 is 0 Å². The van der Waals surface area contributed by atoms with Gasteiger partial charge in [-0.2, -0.15) is 0 Å². The molecule has 0 fully saturated rings. The summed E-state index contributed by atoms with van der Waals surface area (Å²) in [6.45, 7) is 0.853. The Morgan fingerprint density at radius 3 is 1.88 bits per heavy atom. The van der Waals surface area contributed by atoms with Crippen LogP contribution in [0.15, 0.2) is 42.5 Å². The third kappa shape index (κ3) is 11.6. The van der Waals surface area contributed by atoms with E-state index in [9.17, 15) is 0 Å². The van der Waals surface area contributed by atoms with E-state index in [0.29, 0.717) is 0 Å². The van der Waals surface area contributed by atoms with E-state index in [-0.39, 0.29) is 0 Å². The van der Waals surface area contributed by atoms with Gasteiger partial charge in [0, 0.05) is 19.8 Å². The van der Waals surface area contributed by atoms with Gasteiger partial charge in [0.15, 0.2) is 0 Å². The Hall–Kier alpha value is -1.54. The standard InChI is InChI=1S/C23H38N2/c1-25(2)23-19-17-22(18-20-23)16-14-12-10-8-6-4-3-5-7-9-11-13-15-21-24/h10,12,14,16-20H,3-9,11,13,15,21,24H2,1-2H3. The Labute approximate surface area is 155 Å². The Kier molecular flexibility index (Phi) is 12.7. The summed E-state index contributed by atoms with van der Waals surface area (Å²) in [5.74, 6) is 0. The summed E-state index contributed by atoms with van der Waals surface area (Å²) in [6, 6.07) is 8.63. The number of hydrogen-bond donors (Lipinski definition) is 1. The van der Waals surface area contributed by atoms with Crippen LogP contribution < -0.4 is 10.6 Å². The van der Waals surface area contributed by atoms with Crippen LogP contribution in [0.3, 0.4) is 0 Å². The van der Waals surface area contributed by atoms with Gasteiger partial charge in [-0.3, -0.25) is 0 Å². The molecule has 1 aromatic rings. The second kappa shape index (κ2) is 14.8. The zero-order chi connectivity index (χ0) is 18.2. The van der Waals surface area contributed by atoms with Gasteiger partial charge in [-0.1, -0.05) is 81.4 Å². The van der Waals surface area contributed by atoms with Crippen molar-refractivity contribution in [2.45, 2.75) is 64.2 Å². The lowest BCUT2D eigenvalue weighted by molar-refractivity contribution is 0.562. The van der Waals surface area contributed by atoms with Gasteiger partial charge in [-0.15, -0.1) is 0 Å². The highest BCUT2D eigenvalue weighted by Gasteiger charge is 1.93. The number of nitrogens with two attached hydrogens (primary N) is 1. The van der Waals surface area contributed by atoms with Crippen molar-refractivity contribution in [1.29, 1.82) is 0 Å². The van der Waals surface area contributed by atoms with Gasteiger partial charge in [0.1, 0.15) is 0 Å². The first-order valence-electron chi connectivity index (χ1n) is 10.0. The summed E-state index contributed by atoms with van der Waals surface area (Å²) in [5, 5.41) is 0. The monoisotopic (exact) mass is 342 g/mol. The van der Waals surface area contributed by atoms with Crippen LogP contribution in [0.5, 0.6) is 0 Å². The van der Waals surface area contributed by atoms with Crippen LogP contribution in [0.2, 0.25) is 0 Å². The topological polar surface area (TPSA) is 29.3 Å². The molecule has 0 heterocycles. The summed E-state index contributed by atoms with van der Waals surface area (Å²) in [5.41, 5.74) is 7.99. The van der Waals surface area contributed by atoms with Gasteiger partial charge in [0.25, 0.3) is 0 Å². The number of benzene rings is 1. The predicted molar refractivity (Wildman–Crippen MR) is 114 cm³/mol. The van der Waals surface area contributed by atoms with Crippen molar-refractivity contribution >= 4 is 11.8 Å². The van der Waals surface area contributed by atoms with E-state index in [1.54, 1.807) is 0 Å². The fourth-order valence-corrected chi connectivity index (χ4v) is 2.87. The molecule has 140 valence electrons. The molecule has 0 aliphatic carbocycles. The smallest absolute Gasteiger partial charge is 0.0361 e. The molecule has 25 heavy (non-hydrogen) atoms. The van der Waals surface area contributed by atoms with Crippen molar-refractivity contribution in [3.63, 3.8) is 0 Å². The van der Waals surface area contributed by atoms with Crippen LogP contribution in [-0.2, 0) is 0 Å². The lowest BCUT2D eigenvalue weighted by atomic mass is 10.1. The highest BCUT2D eigenvalue weighted by atomic mass is 15.1. The average molecular weight is 343 g/mol. The van der Waals surface area contributed by atoms with Crippen molar-refractivity contribution in [2.75, 3.05) is 25.5 Å². The number of unbranched alkanes of at least 4 members (excludes halogenated alkanes) is 9. The summed E-state index contributed by atoms with van der Waals surface area (Å²) in [4.78, 5) is 2.12. The van der Waals surface area contributed by atoms with Crippen LogP contribution >= 0.6 is 0 Å². The lowest BCUT2D eigenvalue weighted by Gasteiger charge is -2.11. The maximum atomic E-state index is 5.50. The molecule has 0 saturated heterocycles. The first-order valence-corrected chi connectivity index (χ1v) is 10.0. The largest absolute Gasteiger partial charge is 0.378 e. The Morgan fingerprint density at radius 2 is 1.32 bits per heavy atom. The molecule has 0 bridgehead atoms. The molecule has 0 unspecified atom stereocenters. The summed E-state index contributed by atoms with van der Waals surface area (Å²) >= 11 is 0. The van der Waals surface area contributed by atoms with Gasteiger partial charge < -0.3 is 10.6 Å². The molecule has 0 radical (unpaired) electrons. The molecule has 0 amide bonds. The number of nitrogens with zero attached hydrogens (tertiary/aromatic N) is 1. The maximum Gasteiger partial charge on any atom is 0.0361 e. The Bertz CT molecular complexity index is 471. The van der Waals surface area contributed by atoms with Crippen molar-refractivity contribution in [3.8, 4) is 0 Å². The molecular formula is C23H38N2. The third-order valence-electron chi connectivity index (χ3n) is 4.52. The van der Waals surface area contributed by atoms with Crippen LogP contribution in [0.4, 0.5) is 5.69 Å². The maximum absolute atomic E-state index is 5.50. The lowest BCUT2D eigenvalue weighted by Crippen LogP contribution is -2.07. The third-order valence-corrected chi connectivity index (χ3v) is 4.52. The van der Waals surface area contributed by atoms with Gasteiger partial charge >= 0.3 is 0 Å². The van der Waals surface area contributed by atoms with E-state index in [2.05, 4.69) is 67.6 Å². The minimum atomic E-state index is 0.853. The van der Waals surface area contributed by atoms with E-state index in [1.807, 2.05) is 0 Å². The van der Waals surface area contributed by atoms with Gasteiger partial charge in [0.2, 0.25) is 0 Å². The molecule has 2 nitrogen and oxygen atoms in total. The first-order chi connectivity index (χ1) is 12.2. The normalized spacial score (nSPS) is 11.6. The zero-order valence-corrected chi connectivity index (χ0v) is 16.4. The molecule has 0 aliphatic rings. The predicted octanol–water partition coefficient (Wildman–Crippen LogP) is 6.18.